The van der Waals surface area contributed by atoms with Gasteiger partial charge >= 0.3 is 0 Å². The van der Waals surface area contributed by atoms with Crippen molar-refractivity contribution in [2.24, 2.45) is 5.73 Å². The summed E-state index contributed by atoms with van der Waals surface area (Å²) in [5.41, 5.74) is 5.14. The topological polar surface area (TPSA) is 55.1 Å². The molecule has 0 aliphatic heterocycles. The van der Waals surface area contributed by atoms with Crippen molar-refractivity contribution in [2.45, 2.75) is 71.3 Å². The molecule has 0 aliphatic rings. The summed E-state index contributed by atoms with van der Waals surface area (Å²) in [6.07, 6.45) is 10.5. The fourth-order valence-electron chi connectivity index (χ4n) is 1.68. The Morgan fingerprint density at radius 1 is 1.06 bits per heavy atom. The number of nitrogens with two attached hydrogens (primary N) is 1. The summed E-state index contributed by atoms with van der Waals surface area (Å²) < 4.78 is 0. The van der Waals surface area contributed by atoms with Gasteiger partial charge in [0, 0.05) is 0 Å². The van der Waals surface area contributed by atoms with Crippen LogP contribution < -0.4 is 11.1 Å². The normalized spacial score (nSPS) is 12.6. The zero-order chi connectivity index (χ0) is 12.2. The number of hydrogen-bond donors (Lipinski definition) is 2. The van der Waals surface area contributed by atoms with E-state index in [-0.39, 0.29) is 11.9 Å². The van der Waals surface area contributed by atoms with E-state index >= 15 is 0 Å². The lowest BCUT2D eigenvalue weighted by atomic mass is 10.1. The van der Waals surface area contributed by atoms with Crippen molar-refractivity contribution in [3.8, 4) is 0 Å². The van der Waals surface area contributed by atoms with Crippen LogP contribution in [-0.2, 0) is 4.79 Å². The first-order chi connectivity index (χ1) is 7.68. The van der Waals surface area contributed by atoms with Crippen molar-refractivity contribution >= 4 is 5.91 Å². The van der Waals surface area contributed by atoms with Gasteiger partial charge in [0.05, 0.1) is 6.04 Å². The van der Waals surface area contributed by atoms with Gasteiger partial charge in [-0.25, -0.2) is 0 Å². The van der Waals surface area contributed by atoms with Crippen molar-refractivity contribution in [2.75, 3.05) is 6.54 Å². The van der Waals surface area contributed by atoms with E-state index in [0.717, 1.165) is 13.0 Å². The molecule has 0 saturated carbocycles. The van der Waals surface area contributed by atoms with Gasteiger partial charge in [0.15, 0.2) is 0 Å². The van der Waals surface area contributed by atoms with Crippen LogP contribution in [0.2, 0.25) is 0 Å². The van der Waals surface area contributed by atoms with Gasteiger partial charge in [-0.1, -0.05) is 51.9 Å². The van der Waals surface area contributed by atoms with Crippen LogP contribution >= 0.6 is 0 Å². The molecule has 0 fully saturated rings. The summed E-state index contributed by atoms with van der Waals surface area (Å²) in [5.74, 6) is -0.264. The highest BCUT2D eigenvalue weighted by atomic mass is 16.1. The Bertz CT molecular complexity index is 171. The molecule has 3 N–H and O–H groups in total. The minimum absolute atomic E-state index is 0.190. The minimum Gasteiger partial charge on any atom is -0.368 e. The molecule has 1 atom stereocenters. The lowest BCUT2D eigenvalue weighted by Crippen LogP contribution is -2.39. The first-order valence-electron chi connectivity index (χ1n) is 6.71. The molecular formula is C13H28N2O. The average Bonchev–Trinajstić information content (AvgIpc) is 2.26. The summed E-state index contributed by atoms with van der Waals surface area (Å²) >= 11 is 0. The number of unbranched alkanes of at least 4 members (excludes halogenated alkanes) is 7. The third-order valence-electron chi connectivity index (χ3n) is 2.91. The van der Waals surface area contributed by atoms with Crippen molar-refractivity contribution in [3.05, 3.63) is 0 Å². The molecule has 16 heavy (non-hydrogen) atoms. The number of carbonyl (C=O) groups is 1. The zero-order valence-electron chi connectivity index (χ0n) is 10.9. The highest BCUT2D eigenvalue weighted by Gasteiger charge is 2.05. The lowest BCUT2D eigenvalue weighted by molar-refractivity contribution is -0.119. The maximum atomic E-state index is 10.7. The largest absolute Gasteiger partial charge is 0.368 e. The van der Waals surface area contributed by atoms with Crippen LogP contribution in [0.3, 0.4) is 0 Å². The lowest BCUT2D eigenvalue weighted by Gasteiger charge is -2.09. The van der Waals surface area contributed by atoms with Crippen LogP contribution in [0, 0.1) is 0 Å². The van der Waals surface area contributed by atoms with E-state index in [0.29, 0.717) is 0 Å². The summed E-state index contributed by atoms with van der Waals surface area (Å²) in [6.45, 7) is 4.96. The van der Waals surface area contributed by atoms with Gasteiger partial charge in [-0.2, -0.15) is 0 Å². The van der Waals surface area contributed by atoms with Gasteiger partial charge in [0.25, 0.3) is 0 Å². The van der Waals surface area contributed by atoms with Crippen LogP contribution in [0.5, 0.6) is 0 Å². The number of carbonyl (C=O) groups excluding carboxylic acids is 1. The summed E-state index contributed by atoms with van der Waals surface area (Å²) in [7, 11) is 0. The Morgan fingerprint density at radius 3 is 2.06 bits per heavy atom. The molecule has 1 amide bonds. The van der Waals surface area contributed by atoms with Crippen LogP contribution in [-0.4, -0.2) is 18.5 Å². The van der Waals surface area contributed by atoms with Crippen LogP contribution in [0.4, 0.5) is 0 Å². The van der Waals surface area contributed by atoms with E-state index in [1.165, 1.54) is 44.9 Å². The van der Waals surface area contributed by atoms with E-state index in [1.807, 2.05) is 6.92 Å². The second-order valence-electron chi connectivity index (χ2n) is 4.55. The second kappa shape index (κ2) is 10.9. The second-order valence-corrected chi connectivity index (χ2v) is 4.55. The Labute approximate surface area is 100 Å². The van der Waals surface area contributed by atoms with E-state index in [9.17, 15) is 4.79 Å². The van der Waals surface area contributed by atoms with Crippen LogP contribution in [0.15, 0.2) is 0 Å². The van der Waals surface area contributed by atoms with Gasteiger partial charge < -0.3 is 11.1 Å². The maximum Gasteiger partial charge on any atom is 0.234 e. The molecule has 0 aliphatic carbocycles. The fraction of sp³-hybridized carbons (Fsp3) is 0.923. The highest BCUT2D eigenvalue weighted by Crippen LogP contribution is 2.07. The fourth-order valence-corrected chi connectivity index (χ4v) is 1.68. The Hall–Kier alpha value is -0.570. The standard InChI is InChI=1S/C13H28N2O/c1-3-4-5-6-7-8-9-10-11-15-12(2)13(14)16/h12,15H,3-11H2,1-2H3,(H2,14,16). The van der Waals surface area contributed by atoms with E-state index in [4.69, 9.17) is 5.73 Å². The molecule has 0 aromatic heterocycles. The van der Waals surface area contributed by atoms with E-state index in [1.54, 1.807) is 0 Å². The quantitative estimate of drug-likeness (QED) is 0.534. The SMILES string of the molecule is CCCCCCCCCCNC(C)C(N)=O. The van der Waals surface area contributed by atoms with Gasteiger partial charge in [-0.15, -0.1) is 0 Å². The third kappa shape index (κ3) is 9.97. The third-order valence-corrected chi connectivity index (χ3v) is 2.91. The number of hydrogen-bond acceptors (Lipinski definition) is 2. The predicted octanol–water partition coefficient (Wildman–Crippen LogP) is 2.59. The number of nitrogens with one attached hydrogen (secondary N) is 1. The average molecular weight is 228 g/mol. The molecular weight excluding hydrogens is 200 g/mol. The Morgan fingerprint density at radius 2 is 1.56 bits per heavy atom. The highest BCUT2D eigenvalue weighted by molar-refractivity contribution is 5.79. The predicted molar refractivity (Wildman–Crippen MR) is 69.3 cm³/mol. The molecule has 0 aromatic rings. The molecule has 0 bridgehead atoms. The molecule has 96 valence electrons. The molecule has 0 rings (SSSR count). The van der Waals surface area contributed by atoms with Crippen molar-refractivity contribution < 1.29 is 4.79 Å². The molecule has 1 unspecified atom stereocenters. The van der Waals surface area contributed by atoms with Crippen molar-refractivity contribution in [1.82, 2.24) is 5.32 Å². The number of primary amides is 1. The van der Waals surface area contributed by atoms with Gasteiger partial charge in [-0.3, -0.25) is 4.79 Å². The van der Waals surface area contributed by atoms with E-state index in [2.05, 4.69) is 12.2 Å². The molecule has 3 heteroatoms. The molecule has 0 spiro atoms. The van der Waals surface area contributed by atoms with Crippen LogP contribution in [0.1, 0.15) is 65.2 Å². The van der Waals surface area contributed by atoms with Gasteiger partial charge in [-0.05, 0) is 19.9 Å². The summed E-state index contributed by atoms with van der Waals surface area (Å²) in [4.78, 5) is 10.7. The molecule has 0 radical (unpaired) electrons. The Balaban J connectivity index is 3.07. The number of rotatable bonds is 11. The van der Waals surface area contributed by atoms with Crippen molar-refractivity contribution in [3.63, 3.8) is 0 Å². The maximum absolute atomic E-state index is 10.7. The van der Waals surface area contributed by atoms with Crippen LogP contribution in [0.25, 0.3) is 0 Å². The molecule has 0 aromatic carbocycles. The molecule has 3 nitrogen and oxygen atoms in total. The molecule has 0 heterocycles. The number of amides is 1. The Kier molecular flexibility index (Phi) is 10.5. The summed E-state index contributed by atoms with van der Waals surface area (Å²) in [6, 6.07) is -0.190. The van der Waals surface area contributed by atoms with Gasteiger partial charge in [0.1, 0.15) is 0 Å². The van der Waals surface area contributed by atoms with Crippen molar-refractivity contribution in [1.29, 1.82) is 0 Å². The van der Waals surface area contributed by atoms with Gasteiger partial charge in [0.2, 0.25) is 5.91 Å². The summed E-state index contributed by atoms with van der Waals surface area (Å²) in [5, 5.41) is 3.12. The minimum atomic E-state index is -0.264. The smallest absolute Gasteiger partial charge is 0.234 e. The first-order valence-corrected chi connectivity index (χ1v) is 6.71. The first kappa shape index (κ1) is 15.4. The monoisotopic (exact) mass is 228 g/mol. The zero-order valence-corrected chi connectivity index (χ0v) is 10.9. The molecule has 0 saturated heterocycles. The van der Waals surface area contributed by atoms with E-state index < -0.39 is 0 Å².